The molecule has 0 aliphatic carbocycles. The smallest absolute Gasteiger partial charge is 0.290 e. The van der Waals surface area contributed by atoms with Crippen LogP contribution < -0.4 is 29.6 Å². The minimum atomic E-state index is -3.83. The molecule has 1 fully saturated rings. The predicted molar refractivity (Wildman–Crippen MR) is 187 cm³/mol. The fraction of sp³-hybridized carbons (Fsp3) is 0.257. The number of hydrogen-bond acceptors (Lipinski definition) is 10. The topological polar surface area (TPSA) is 190 Å². The molecular weight excluding hydrogens is 701 g/mol. The molecule has 4 heterocycles. The first-order valence-corrected chi connectivity index (χ1v) is 18.1. The molecule has 3 aliphatic heterocycles. The highest BCUT2D eigenvalue weighted by atomic mass is 32.2. The van der Waals surface area contributed by atoms with Gasteiger partial charge in [0.15, 0.2) is 6.61 Å². The molecule has 0 unspecified atom stereocenters. The predicted octanol–water partition coefficient (Wildman–Crippen LogP) is 2.89. The van der Waals surface area contributed by atoms with Gasteiger partial charge in [0.05, 0.1) is 19.7 Å². The van der Waals surface area contributed by atoms with Crippen molar-refractivity contribution in [1.29, 1.82) is 0 Å². The highest BCUT2D eigenvalue weighted by Gasteiger charge is 2.35. The van der Waals surface area contributed by atoms with Crippen LogP contribution in [-0.4, -0.2) is 88.1 Å². The SMILES string of the molecule is COc1ccc2cc1-c1cccc(c1)OCC(=O)NCc1ccc(cc1)O[C@@H]1CCN(C(=O)CNS(=O)(=O)c3cccs3)C[C@H]1NC2=O.O=CO. The van der Waals surface area contributed by atoms with Gasteiger partial charge >= 0.3 is 0 Å². The first-order valence-electron chi connectivity index (χ1n) is 15.7. The Morgan fingerprint density at radius 3 is 2.57 bits per heavy atom. The number of likely N-dealkylation sites (tertiary alicyclic amines) is 1. The van der Waals surface area contributed by atoms with Crippen molar-refractivity contribution in [3.05, 3.63) is 95.4 Å². The lowest BCUT2D eigenvalue weighted by molar-refractivity contribution is -0.132. The number of hydrogen-bond donors (Lipinski definition) is 4. The molecule has 14 nitrogen and oxygen atoms in total. The number of piperidine rings is 1. The van der Waals surface area contributed by atoms with E-state index in [4.69, 9.17) is 24.1 Å². The van der Waals surface area contributed by atoms with Crippen molar-refractivity contribution >= 4 is 45.6 Å². The molecule has 268 valence electrons. The number of sulfonamides is 1. The number of nitrogens with zero attached hydrogens (tertiary/aromatic N) is 1. The lowest BCUT2D eigenvalue weighted by Crippen LogP contribution is -2.59. The van der Waals surface area contributed by atoms with Gasteiger partial charge in [-0.2, -0.15) is 0 Å². The molecule has 51 heavy (non-hydrogen) atoms. The Morgan fingerprint density at radius 2 is 1.84 bits per heavy atom. The van der Waals surface area contributed by atoms with E-state index in [-0.39, 0.29) is 35.6 Å². The van der Waals surface area contributed by atoms with Crippen LogP contribution in [0.5, 0.6) is 17.2 Å². The van der Waals surface area contributed by atoms with Crippen molar-refractivity contribution in [2.45, 2.75) is 29.3 Å². The summed E-state index contributed by atoms with van der Waals surface area (Å²) in [6, 6.07) is 21.9. The Balaban J connectivity index is 0.00000162. The summed E-state index contributed by atoms with van der Waals surface area (Å²) in [5.41, 5.74) is 2.56. The van der Waals surface area contributed by atoms with Gasteiger partial charge in [0.1, 0.15) is 27.6 Å². The van der Waals surface area contributed by atoms with Gasteiger partial charge in [-0.25, -0.2) is 13.1 Å². The first kappa shape index (κ1) is 36.8. The van der Waals surface area contributed by atoms with Crippen molar-refractivity contribution in [2.75, 3.05) is 33.4 Å². The number of fused-ring (bicyclic) bond motifs is 7. The molecule has 3 aliphatic rings. The molecule has 2 atom stereocenters. The number of ether oxygens (including phenoxy) is 3. The zero-order valence-electron chi connectivity index (χ0n) is 27.4. The highest BCUT2D eigenvalue weighted by molar-refractivity contribution is 7.91. The van der Waals surface area contributed by atoms with Gasteiger partial charge < -0.3 is 34.9 Å². The van der Waals surface area contributed by atoms with Gasteiger partial charge in [0.2, 0.25) is 5.91 Å². The standard InChI is InChI=1S/C34H34N4O8S2.CH2O2/c1-44-29-12-9-24-17-27(29)23-4-2-5-26(16-23)45-21-31(39)35-18-22-7-10-25(11-8-22)46-30-13-14-38(20-28(30)37-34(24)41)32(40)19-36-48(42,43)33-6-3-15-47-33;2-1-3/h2-12,15-17,28,30,36H,13-14,18-21H2,1H3,(H,35,39)(H,37,41);1H,(H,2,3)/t28-,30-;/m1./s1. The third kappa shape index (κ3) is 9.62. The van der Waals surface area contributed by atoms with Gasteiger partial charge in [0, 0.05) is 37.2 Å². The molecule has 4 aromatic rings. The number of amides is 3. The van der Waals surface area contributed by atoms with Gasteiger partial charge in [-0.1, -0.05) is 30.3 Å². The molecule has 1 aromatic heterocycles. The molecule has 4 N–H and O–H groups in total. The Kier molecular flexibility index (Phi) is 12.3. The molecule has 0 saturated carbocycles. The largest absolute Gasteiger partial charge is 0.496 e. The van der Waals surface area contributed by atoms with E-state index in [2.05, 4.69) is 15.4 Å². The number of carbonyl (C=O) groups excluding carboxylic acids is 3. The summed E-state index contributed by atoms with van der Waals surface area (Å²) >= 11 is 1.06. The van der Waals surface area contributed by atoms with Crippen molar-refractivity contribution in [2.24, 2.45) is 0 Å². The summed E-state index contributed by atoms with van der Waals surface area (Å²) in [7, 11) is -2.29. The van der Waals surface area contributed by atoms with E-state index in [0.717, 1.165) is 16.9 Å². The minimum Gasteiger partial charge on any atom is -0.496 e. The number of carbonyl (C=O) groups is 4. The Labute approximate surface area is 298 Å². The van der Waals surface area contributed by atoms with E-state index in [1.165, 1.54) is 18.1 Å². The van der Waals surface area contributed by atoms with Gasteiger partial charge in [-0.3, -0.25) is 19.2 Å². The Morgan fingerprint density at radius 1 is 1.06 bits per heavy atom. The summed E-state index contributed by atoms with van der Waals surface area (Å²) in [5, 5.41) is 14.5. The summed E-state index contributed by atoms with van der Waals surface area (Å²) in [6.45, 7) is -0.154. The van der Waals surface area contributed by atoms with Crippen LogP contribution >= 0.6 is 11.3 Å². The van der Waals surface area contributed by atoms with Crippen LogP contribution in [0.1, 0.15) is 22.3 Å². The maximum Gasteiger partial charge on any atom is 0.290 e. The first-order chi connectivity index (χ1) is 24.6. The quantitative estimate of drug-likeness (QED) is 0.222. The molecule has 3 aromatic carbocycles. The fourth-order valence-electron chi connectivity index (χ4n) is 5.53. The Bertz CT molecular complexity index is 1950. The van der Waals surface area contributed by atoms with Gasteiger partial charge in [-0.05, 0) is 65.0 Å². The van der Waals surface area contributed by atoms with Crippen LogP contribution in [0.15, 0.2) is 88.5 Å². The van der Waals surface area contributed by atoms with E-state index < -0.39 is 34.6 Å². The monoisotopic (exact) mass is 736 g/mol. The van der Waals surface area contributed by atoms with Crippen LogP contribution in [0.3, 0.4) is 0 Å². The maximum atomic E-state index is 13.8. The van der Waals surface area contributed by atoms with Crippen molar-refractivity contribution < 1.29 is 46.9 Å². The average molecular weight is 737 g/mol. The molecule has 3 amide bonds. The lowest BCUT2D eigenvalue weighted by atomic mass is 9.99. The summed E-state index contributed by atoms with van der Waals surface area (Å²) < 4.78 is 45.4. The number of carboxylic acid groups (broad SMARTS) is 1. The fourth-order valence-corrected chi connectivity index (χ4v) is 7.55. The van der Waals surface area contributed by atoms with Crippen molar-refractivity contribution in [3.63, 3.8) is 0 Å². The molecule has 6 bridgehead atoms. The number of methoxy groups -OCH3 is 1. The number of thiophene rings is 1. The van der Waals surface area contributed by atoms with Crippen LogP contribution in [0.25, 0.3) is 11.1 Å². The molecule has 16 heteroatoms. The molecule has 0 radical (unpaired) electrons. The van der Waals surface area contributed by atoms with Crippen LogP contribution in [0.4, 0.5) is 0 Å². The lowest BCUT2D eigenvalue weighted by Gasteiger charge is -2.39. The van der Waals surface area contributed by atoms with E-state index in [1.807, 2.05) is 18.2 Å². The summed E-state index contributed by atoms with van der Waals surface area (Å²) in [4.78, 5) is 49.4. The zero-order chi connectivity index (χ0) is 36.4. The molecule has 1 saturated heterocycles. The Hall–Kier alpha value is -5.45. The van der Waals surface area contributed by atoms with Gasteiger partial charge in [-0.15, -0.1) is 11.3 Å². The number of benzene rings is 3. The van der Waals surface area contributed by atoms with Crippen molar-refractivity contribution in [1.82, 2.24) is 20.3 Å². The normalized spacial score (nSPS) is 17.5. The van der Waals surface area contributed by atoms with E-state index >= 15 is 0 Å². The molecule has 7 rings (SSSR count). The second kappa shape index (κ2) is 17.0. The zero-order valence-corrected chi connectivity index (χ0v) is 29.1. The number of rotatable bonds is 5. The summed E-state index contributed by atoms with van der Waals surface area (Å²) in [5.74, 6) is 0.472. The van der Waals surface area contributed by atoms with Crippen molar-refractivity contribution in [3.8, 4) is 28.4 Å². The van der Waals surface area contributed by atoms with E-state index in [0.29, 0.717) is 53.4 Å². The third-order valence-electron chi connectivity index (χ3n) is 8.07. The van der Waals surface area contributed by atoms with E-state index in [9.17, 15) is 22.8 Å². The molecule has 0 spiro atoms. The summed E-state index contributed by atoms with van der Waals surface area (Å²) in [6.07, 6.45) is -0.115. The third-order valence-corrected chi connectivity index (χ3v) is 10.9. The van der Waals surface area contributed by atoms with E-state index in [1.54, 1.807) is 60.0 Å². The average Bonchev–Trinajstić information content (AvgIpc) is 3.70. The van der Waals surface area contributed by atoms with Crippen LogP contribution in [-0.2, 0) is 31.0 Å². The maximum absolute atomic E-state index is 13.8. The second-order valence-electron chi connectivity index (χ2n) is 11.4. The molecular formula is C35H36N4O10S2. The van der Waals surface area contributed by atoms with Crippen LogP contribution in [0, 0.1) is 0 Å². The second-order valence-corrected chi connectivity index (χ2v) is 14.3. The minimum absolute atomic E-state index is 0.0997. The van der Waals surface area contributed by atoms with Crippen LogP contribution in [0.2, 0.25) is 0 Å². The number of nitrogens with one attached hydrogen (secondary N) is 3. The highest BCUT2D eigenvalue weighted by Crippen LogP contribution is 2.33. The van der Waals surface area contributed by atoms with Gasteiger partial charge in [0.25, 0.3) is 28.3 Å².